The molecule has 0 aliphatic rings. The number of aryl methyl sites for hydroxylation is 1. The van der Waals surface area contributed by atoms with Crippen molar-refractivity contribution in [2.24, 2.45) is 5.18 Å². The third kappa shape index (κ3) is 1.31. The van der Waals surface area contributed by atoms with Crippen molar-refractivity contribution in [3.05, 3.63) is 16.8 Å². The lowest BCUT2D eigenvalue weighted by molar-refractivity contribution is 0.0690. The van der Waals surface area contributed by atoms with E-state index in [0.717, 1.165) is 0 Å². The van der Waals surface area contributed by atoms with Gasteiger partial charge in [0.05, 0.1) is 6.20 Å². The Labute approximate surface area is 67.8 Å². The highest BCUT2D eigenvalue weighted by Gasteiger charge is 2.15. The molecule has 0 bridgehead atoms. The van der Waals surface area contributed by atoms with Crippen molar-refractivity contribution in [1.82, 2.24) is 9.78 Å². The summed E-state index contributed by atoms with van der Waals surface area (Å²) >= 11 is 0. The molecule has 1 rings (SSSR count). The summed E-state index contributed by atoms with van der Waals surface area (Å²) in [4.78, 5) is 20.5. The quantitative estimate of drug-likeness (QED) is 0.684. The van der Waals surface area contributed by atoms with Gasteiger partial charge in [-0.2, -0.15) is 5.10 Å². The summed E-state index contributed by atoms with van der Waals surface area (Å²) in [5.41, 5.74) is -0.434. The Hall–Kier alpha value is -1.72. The first-order chi connectivity index (χ1) is 5.69. The number of carboxylic acid groups (broad SMARTS) is 1. The minimum Gasteiger partial charge on any atom is -0.476 e. The molecule has 1 aromatic rings. The zero-order chi connectivity index (χ0) is 9.14. The van der Waals surface area contributed by atoms with Crippen LogP contribution in [0.3, 0.4) is 0 Å². The highest BCUT2D eigenvalue weighted by Crippen LogP contribution is 2.16. The molecule has 0 amide bonds. The minimum absolute atomic E-state index is 0.135. The van der Waals surface area contributed by atoms with Crippen LogP contribution >= 0.6 is 0 Å². The van der Waals surface area contributed by atoms with E-state index in [-0.39, 0.29) is 11.4 Å². The highest BCUT2D eigenvalue weighted by atomic mass is 16.4. The number of aromatic nitrogens is 2. The summed E-state index contributed by atoms with van der Waals surface area (Å²) in [6.07, 6.45) is 1.30. The second-order valence-corrected chi connectivity index (χ2v) is 2.12. The van der Waals surface area contributed by atoms with E-state index in [1.165, 1.54) is 10.9 Å². The molecule has 0 aliphatic heterocycles. The maximum absolute atomic E-state index is 10.4. The van der Waals surface area contributed by atoms with E-state index in [1.807, 2.05) is 0 Å². The van der Waals surface area contributed by atoms with E-state index in [1.54, 1.807) is 6.92 Å². The molecule has 0 spiro atoms. The molecule has 0 saturated heterocycles. The SMILES string of the molecule is CCn1cc(N=O)c(C(=O)O)n1. The zero-order valence-electron chi connectivity index (χ0n) is 6.39. The van der Waals surface area contributed by atoms with Crippen LogP contribution in [0.2, 0.25) is 0 Å². The number of nitrogens with zero attached hydrogens (tertiary/aromatic N) is 3. The molecular weight excluding hydrogens is 162 g/mol. The lowest BCUT2D eigenvalue weighted by Gasteiger charge is -1.89. The van der Waals surface area contributed by atoms with Crippen molar-refractivity contribution in [3.8, 4) is 0 Å². The van der Waals surface area contributed by atoms with Gasteiger partial charge in [-0.1, -0.05) is 0 Å². The van der Waals surface area contributed by atoms with Crippen LogP contribution in [0.5, 0.6) is 0 Å². The number of hydrogen-bond donors (Lipinski definition) is 1. The maximum Gasteiger partial charge on any atom is 0.358 e. The Morgan fingerprint density at radius 1 is 1.83 bits per heavy atom. The molecule has 0 unspecified atom stereocenters. The summed E-state index contributed by atoms with van der Waals surface area (Å²) < 4.78 is 1.35. The van der Waals surface area contributed by atoms with Crippen LogP contribution in [0.1, 0.15) is 17.4 Å². The van der Waals surface area contributed by atoms with Crippen LogP contribution in [0, 0.1) is 4.91 Å². The molecule has 0 aromatic carbocycles. The predicted molar refractivity (Wildman–Crippen MR) is 40.3 cm³/mol. The number of carbonyl (C=O) groups is 1. The molecule has 6 nitrogen and oxygen atoms in total. The first kappa shape index (κ1) is 8.38. The van der Waals surface area contributed by atoms with Crippen molar-refractivity contribution in [2.45, 2.75) is 13.5 Å². The van der Waals surface area contributed by atoms with Crippen LogP contribution in [-0.2, 0) is 6.54 Å². The van der Waals surface area contributed by atoms with E-state index < -0.39 is 5.97 Å². The van der Waals surface area contributed by atoms with Crippen LogP contribution in [0.15, 0.2) is 11.4 Å². The molecule has 0 atom stereocenters. The first-order valence-electron chi connectivity index (χ1n) is 3.33. The van der Waals surface area contributed by atoms with Crippen molar-refractivity contribution >= 4 is 11.7 Å². The third-order valence-electron chi connectivity index (χ3n) is 1.37. The molecule has 0 radical (unpaired) electrons. The van der Waals surface area contributed by atoms with Gasteiger partial charge in [0.25, 0.3) is 0 Å². The summed E-state index contributed by atoms with van der Waals surface area (Å²) in [6, 6.07) is 0. The lowest BCUT2D eigenvalue weighted by Crippen LogP contribution is -2.00. The van der Waals surface area contributed by atoms with Crippen molar-refractivity contribution < 1.29 is 9.90 Å². The van der Waals surface area contributed by atoms with Crippen molar-refractivity contribution in [3.63, 3.8) is 0 Å². The molecule has 12 heavy (non-hydrogen) atoms. The maximum atomic E-state index is 10.4. The molecule has 0 aliphatic carbocycles. The van der Waals surface area contributed by atoms with E-state index in [4.69, 9.17) is 5.11 Å². The summed E-state index contributed by atoms with van der Waals surface area (Å²) in [6.45, 7) is 2.29. The lowest BCUT2D eigenvalue weighted by atomic mass is 10.4. The molecule has 1 N–H and O–H groups in total. The number of nitroso groups, excluding NO2 is 1. The van der Waals surface area contributed by atoms with Gasteiger partial charge in [0, 0.05) is 6.54 Å². The average Bonchev–Trinajstić information content (AvgIpc) is 2.47. The molecule has 1 heterocycles. The highest BCUT2D eigenvalue weighted by molar-refractivity contribution is 5.90. The Balaban J connectivity index is 3.16. The largest absolute Gasteiger partial charge is 0.476 e. The smallest absolute Gasteiger partial charge is 0.358 e. The topological polar surface area (TPSA) is 84.5 Å². The molecule has 6 heteroatoms. The Morgan fingerprint density at radius 2 is 2.50 bits per heavy atom. The van der Waals surface area contributed by atoms with Gasteiger partial charge in [-0.3, -0.25) is 4.68 Å². The number of hydrogen-bond acceptors (Lipinski definition) is 4. The van der Waals surface area contributed by atoms with Crippen molar-refractivity contribution in [2.75, 3.05) is 0 Å². The zero-order valence-corrected chi connectivity index (χ0v) is 6.39. The summed E-state index contributed by atoms with van der Waals surface area (Å²) in [5.74, 6) is -1.24. The molecule has 0 saturated carbocycles. The second kappa shape index (κ2) is 3.12. The van der Waals surface area contributed by atoms with Gasteiger partial charge in [-0.05, 0) is 12.1 Å². The van der Waals surface area contributed by atoms with Crippen molar-refractivity contribution in [1.29, 1.82) is 0 Å². The van der Waals surface area contributed by atoms with E-state index >= 15 is 0 Å². The fraction of sp³-hybridized carbons (Fsp3) is 0.333. The Morgan fingerprint density at radius 3 is 2.83 bits per heavy atom. The Bertz CT molecular complexity index is 318. The van der Waals surface area contributed by atoms with Crippen LogP contribution in [0.25, 0.3) is 0 Å². The third-order valence-corrected chi connectivity index (χ3v) is 1.37. The van der Waals surface area contributed by atoms with Crippen LogP contribution in [0.4, 0.5) is 5.69 Å². The van der Waals surface area contributed by atoms with Gasteiger partial charge in [0.2, 0.25) is 0 Å². The van der Waals surface area contributed by atoms with Gasteiger partial charge in [0.15, 0.2) is 11.4 Å². The number of carboxylic acids is 1. The van der Waals surface area contributed by atoms with Gasteiger partial charge in [-0.15, -0.1) is 4.91 Å². The number of aromatic carboxylic acids is 1. The standard InChI is InChI=1S/C6H7N3O3/c1-2-9-3-4(8-12)5(7-9)6(10)11/h3H,2H2,1H3,(H,10,11). The van der Waals surface area contributed by atoms with E-state index in [0.29, 0.717) is 6.54 Å². The molecule has 1 aromatic heterocycles. The van der Waals surface area contributed by atoms with E-state index in [2.05, 4.69) is 10.3 Å². The second-order valence-electron chi connectivity index (χ2n) is 2.12. The number of rotatable bonds is 3. The normalized spacial score (nSPS) is 9.75. The molecule has 64 valence electrons. The monoisotopic (exact) mass is 169 g/mol. The van der Waals surface area contributed by atoms with Gasteiger partial charge >= 0.3 is 5.97 Å². The van der Waals surface area contributed by atoms with E-state index in [9.17, 15) is 9.70 Å². The minimum atomic E-state index is -1.24. The fourth-order valence-electron chi connectivity index (χ4n) is 0.792. The molecule has 0 fully saturated rings. The van der Waals surface area contributed by atoms with Gasteiger partial charge < -0.3 is 5.11 Å². The first-order valence-corrected chi connectivity index (χ1v) is 3.33. The summed E-state index contributed by atoms with van der Waals surface area (Å²) in [5, 5.41) is 14.7. The van der Waals surface area contributed by atoms with Crippen LogP contribution < -0.4 is 0 Å². The Kier molecular flexibility index (Phi) is 2.18. The van der Waals surface area contributed by atoms with Gasteiger partial charge in [-0.25, -0.2) is 4.79 Å². The van der Waals surface area contributed by atoms with Gasteiger partial charge in [0.1, 0.15) is 0 Å². The molecular formula is C6H7N3O3. The summed E-state index contributed by atoms with van der Waals surface area (Å²) in [7, 11) is 0. The predicted octanol–water partition coefficient (Wildman–Crippen LogP) is 0.999. The average molecular weight is 169 g/mol. The van der Waals surface area contributed by atoms with Crippen LogP contribution in [-0.4, -0.2) is 20.9 Å². The fourth-order valence-corrected chi connectivity index (χ4v) is 0.792.